The maximum atomic E-state index is 12.5. The molecule has 1 N–H and O–H groups in total. The molecule has 0 amide bonds. The molecule has 1 heterocycles. The van der Waals surface area contributed by atoms with E-state index < -0.39 is 6.61 Å². The van der Waals surface area contributed by atoms with Crippen LogP contribution in [0.15, 0.2) is 18.2 Å². The molecule has 0 unspecified atom stereocenters. The zero-order valence-corrected chi connectivity index (χ0v) is 11.4. The van der Waals surface area contributed by atoms with Crippen molar-refractivity contribution in [2.45, 2.75) is 38.9 Å². The minimum atomic E-state index is -2.85. The van der Waals surface area contributed by atoms with E-state index in [-0.39, 0.29) is 17.3 Å². The molecular weight excluding hydrogens is 252 g/mol. The van der Waals surface area contributed by atoms with E-state index in [2.05, 4.69) is 4.74 Å². The molecule has 0 radical (unpaired) electrons. The van der Waals surface area contributed by atoms with E-state index in [0.29, 0.717) is 18.8 Å². The number of nitrogens with zero attached hydrogens (tertiary/aromatic N) is 1. The largest absolute Gasteiger partial charge is 0.433 e. The lowest BCUT2D eigenvalue weighted by Gasteiger charge is -2.39. The first-order valence-electron chi connectivity index (χ1n) is 6.30. The molecule has 1 aromatic carbocycles. The van der Waals surface area contributed by atoms with Crippen molar-refractivity contribution in [2.75, 3.05) is 18.0 Å². The first kappa shape index (κ1) is 14.1. The number of benzene rings is 1. The molecule has 1 aromatic rings. The highest BCUT2D eigenvalue weighted by Gasteiger charge is 2.28. The van der Waals surface area contributed by atoms with Gasteiger partial charge in [0.05, 0.1) is 11.8 Å². The van der Waals surface area contributed by atoms with E-state index in [1.165, 1.54) is 0 Å². The van der Waals surface area contributed by atoms with Crippen molar-refractivity contribution in [3.8, 4) is 5.75 Å². The summed E-state index contributed by atoms with van der Waals surface area (Å²) in [4.78, 5) is 1.83. The summed E-state index contributed by atoms with van der Waals surface area (Å²) in [7, 11) is 0. The number of alkyl halides is 2. The molecule has 1 fully saturated rings. The number of hydrogen-bond acceptors (Lipinski definition) is 3. The molecule has 1 saturated heterocycles. The van der Waals surface area contributed by atoms with Gasteiger partial charge in [-0.05, 0) is 23.1 Å². The number of aliphatic hydroxyl groups excluding tert-OH is 1. The van der Waals surface area contributed by atoms with Crippen molar-refractivity contribution in [2.24, 2.45) is 0 Å². The van der Waals surface area contributed by atoms with Gasteiger partial charge in [-0.2, -0.15) is 8.78 Å². The fourth-order valence-electron chi connectivity index (χ4n) is 2.08. The van der Waals surface area contributed by atoms with Crippen LogP contribution in [0.25, 0.3) is 0 Å². The summed E-state index contributed by atoms with van der Waals surface area (Å²) < 4.78 is 29.6. The molecule has 0 saturated carbocycles. The Kier molecular flexibility index (Phi) is 3.67. The number of hydrogen-bond donors (Lipinski definition) is 1. The molecule has 0 atom stereocenters. The van der Waals surface area contributed by atoms with Gasteiger partial charge in [-0.3, -0.25) is 0 Å². The van der Waals surface area contributed by atoms with Crippen molar-refractivity contribution < 1.29 is 18.6 Å². The topological polar surface area (TPSA) is 32.7 Å². The lowest BCUT2D eigenvalue weighted by Crippen LogP contribution is -2.51. The molecule has 3 nitrogen and oxygen atoms in total. The van der Waals surface area contributed by atoms with Crippen LogP contribution >= 0.6 is 0 Å². The van der Waals surface area contributed by atoms with Gasteiger partial charge in [0.25, 0.3) is 0 Å². The molecule has 5 heteroatoms. The number of halogens is 2. The maximum Gasteiger partial charge on any atom is 0.387 e. The van der Waals surface area contributed by atoms with Crippen molar-refractivity contribution in [3.05, 3.63) is 23.8 Å². The molecule has 0 aromatic heterocycles. The molecule has 106 valence electrons. The van der Waals surface area contributed by atoms with Gasteiger partial charge >= 0.3 is 6.61 Å². The highest BCUT2D eigenvalue weighted by Crippen LogP contribution is 2.36. The summed E-state index contributed by atoms with van der Waals surface area (Å²) in [6.45, 7) is 4.10. The minimum absolute atomic E-state index is 0.132. The predicted molar refractivity (Wildman–Crippen MR) is 70.0 cm³/mol. The first-order chi connectivity index (χ1) is 8.77. The van der Waals surface area contributed by atoms with Gasteiger partial charge in [0.1, 0.15) is 5.75 Å². The van der Waals surface area contributed by atoms with E-state index >= 15 is 0 Å². The molecule has 1 aliphatic rings. The molecule has 0 spiro atoms. The smallest absolute Gasteiger partial charge is 0.387 e. The first-order valence-corrected chi connectivity index (χ1v) is 6.30. The predicted octanol–water partition coefficient (Wildman–Crippen LogP) is 2.77. The summed E-state index contributed by atoms with van der Waals surface area (Å²) in [5, 5.41) is 9.31. The molecule has 19 heavy (non-hydrogen) atoms. The second-order valence-electron chi connectivity index (χ2n) is 5.87. The van der Waals surface area contributed by atoms with E-state index in [4.69, 9.17) is 0 Å². The monoisotopic (exact) mass is 271 g/mol. The quantitative estimate of drug-likeness (QED) is 0.917. The summed E-state index contributed by atoms with van der Waals surface area (Å²) >= 11 is 0. The van der Waals surface area contributed by atoms with Crippen LogP contribution in [0.1, 0.15) is 26.3 Å². The Hall–Kier alpha value is -1.36. The van der Waals surface area contributed by atoms with Crippen LogP contribution in [-0.2, 0) is 5.41 Å². The van der Waals surface area contributed by atoms with Crippen molar-refractivity contribution in [3.63, 3.8) is 0 Å². The number of aliphatic hydroxyl groups is 1. The van der Waals surface area contributed by atoms with Gasteiger partial charge in [-0.25, -0.2) is 0 Å². The third-order valence-electron chi connectivity index (χ3n) is 3.24. The number of β-amino-alcohol motifs (C(OH)–C–C–N with tert-alkyl or cyclic N) is 1. The average molecular weight is 271 g/mol. The van der Waals surface area contributed by atoms with Gasteiger partial charge in [0.15, 0.2) is 0 Å². The normalized spacial score (nSPS) is 16.7. The fourth-order valence-corrected chi connectivity index (χ4v) is 2.08. The highest BCUT2D eigenvalue weighted by molar-refractivity contribution is 5.62. The van der Waals surface area contributed by atoms with E-state index in [1.807, 2.05) is 31.7 Å². The Morgan fingerprint density at radius 2 is 1.95 bits per heavy atom. The molecular formula is C14H19F2NO2. The Labute approximate surface area is 111 Å². The van der Waals surface area contributed by atoms with Gasteiger partial charge in [0, 0.05) is 13.1 Å². The Bertz CT molecular complexity index is 451. The molecule has 0 bridgehead atoms. The molecule has 2 rings (SSSR count). The van der Waals surface area contributed by atoms with Crippen molar-refractivity contribution >= 4 is 5.69 Å². The van der Waals surface area contributed by atoms with Gasteiger partial charge in [-0.1, -0.05) is 26.8 Å². The number of ether oxygens (including phenoxy) is 1. The third kappa shape index (κ3) is 3.15. The van der Waals surface area contributed by atoms with Crippen molar-refractivity contribution in [1.82, 2.24) is 0 Å². The van der Waals surface area contributed by atoms with Crippen molar-refractivity contribution in [1.29, 1.82) is 0 Å². The van der Waals surface area contributed by atoms with Crippen LogP contribution in [0.5, 0.6) is 5.75 Å². The summed E-state index contributed by atoms with van der Waals surface area (Å²) in [5.41, 5.74) is 1.42. The minimum Gasteiger partial charge on any atom is -0.433 e. The second-order valence-corrected chi connectivity index (χ2v) is 5.87. The average Bonchev–Trinajstić information content (AvgIpc) is 2.23. The number of rotatable bonds is 3. The van der Waals surface area contributed by atoms with Crippen LogP contribution in [0, 0.1) is 0 Å². The fraction of sp³-hybridized carbons (Fsp3) is 0.571. The lowest BCUT2D eigenvalue weighted by atomic mass is 9.86. The molecule has 0 aliphatic carbocycles. The van der Waals surface area contributed by atoms with Crippen LogP contribution in [0.2, 0.25) is 0 Å². The third-order valence-corrected chi connectivity index (χ3v) is 3.24. The van der Waals surface area contributed by atoms with Gasteiger partial charge in [0.2, 0.25) is 0 Å². The number of anilines is 1. The van der Waals surface area contributed by atoms with Crippen LogP contribution in [-0.4, -0.2) is 30.9 Å². The zero-order chi connectivity index (χ0) is 14.2. The SMILES string of the molecule is CC(C)(C)c1ccc(N2CC(O)C2)c(OC(F)F)c1. The van der Waals surface area contributed by atoms with E-state index in [1.54, 1.807) is 12.1 Å². The Morgan fingerprint density at radius 1 is 1.32 bits per heavy atom. The Morgan fingerprint density at radius 3 is 2.42 bits per heavy atom. The zero-order valence-electron chi connectivity index (χ0n) is 11.4. The maximum absolute atomic E-state index is 12.5. The molecule has 1 aliphatic heterocycles. The highest BCUT2D eigenvalue weighted by atomic mass is 19.3. The summed E-state index contributed by atoms with van der Waals surface area (Å²) in [6.07, 6.45) is -0.387. The summed E-state index contributed by atoms with van der Waals surface area (Å²) in [5.74, 6) is 0.175. The van der Waals surface area contributed by atoms with Gasteiger partial charge < -0.3 is 14.7 Å². The van der Waals surface area contributed by atoms with E-state index in [0.717, 1.165) is 5.56 Å². The van der Waals surface area contributed by atoms with Crippen LogP contribution in [0.4, 0.5) is 14.5 Å². The lowest BCUT2D eigenvalue weighted by molar-refractivity contribution is -0.0497. The van der Waals surface area contributed by atoms with Crippen LogP contribution in [0.3, 0.4) is 0 Å². The van der Waals surface area contributed by atoms with Crippen LogP contribution < -0.4 is 9.64 Å². The standard InChI is InChI=1S/C14H19F2NO2/c1-14(2,3)9-4-5-11(17-7-10(18)8-17)12(6-9)19-13(15)16/h4-6,10,13,18H,7-8H2,1-3H3. The van der Waals surface area contributed by atoms with E-state index in [9.17, 15) is 13.9 Å². The summed E-state index contributed by atoms with van der Waals surface area (Å²) in [6, 6.07) is 5.36. The second kappa shape index (κ2) is 4.96. The Balaban J connectivity index is 2.32. The van der Waals surface area contributed by atoms with Gasteiger partial charge in [-0.15, -0.1) is 0 Å².